The molecule has 0 aromatic carbocycles. The van der Waals surface area contributed by atoms with Crippen LogP contribution in [-0.2, 0) is 0 Å². The van der Waals surface area contributed by atoms with Crippen LogP contribution in [0.2, 0.25) is 0 Å². The van der Waals surface area contributed by atoms with Gasteiger partial charge in [0.1, 0.15) is 0 Å². The maximum Gasteiger partial charge on any atom is 0.0739 e. The predicted molar refractivity (Wildman–Crippen MR) is 66.4 cm³/mol. The Balaban J connectivity index is 1.94. The highest BCUT2D eigenvalue weighted by Crippen LogP contribution is 2.25. The fraction of sp³-hybridized carbons (Fsp3) is 1.00. The van der Waals surface area contributed by atoms with Gasteiger partial charge in [0.25, 0.3) is 0 Å². The van der Waals surface area contributed by atoms with E-state index < -0.39 is 0 Å². The van der Waals surface area contributed by atoms with Crippen LogP contribution in [0.1, 0.15) is 39.5 Å². The van der Waals surface area contributed by atoms with E-state index in [0.29, 0.717) is 12.3 Å². The molecule has 0 aromatic rings. The first-order chi connectivity index (χ1) is 7.70. The highest BCUT2D eigenvalue weighted by atomic mass is 15.4. The van der Waals surface area contributed by atoms with Crippen molar-refractivity contribution in [3.8, 4) is 0 Å². The smallest absolute Gasteiger partial charge is 0.0739 e. The Morgan fingerprint density at radius 2 is 1.88 bits per heavy atom. The molecule has 0 spiro atoms. The summed E-state index contributed by atoms with van der Waals surface area (Å²) >= 11 is 0. The van der Waals surface area contributed by atoms with Gasteiger partial charge in [-0.3, -0.25) is 10.7 Å². The molecule has 94 valence electrons. The van der Waals surface area contributed by atoms with E-state index in [2.05, 4.69) is 29.5 Å². The Morgan fingerprint density at radius 3 is 2.50 bits per heavy atom. The van der Waals surface area contributed by atoms with Crippen LogP contribution in [0.4, 0.5) is 0 Å². The average Bonchev–Trinajstić information content (AvgIpc) is 2.30. The molecule has 4 heteroatoms. The standard InChI is InChI=1S/C12H26N4/c1-9-3-5-11(14-7-9)16-8-10(2)4-6-12(16)15-13/h9-12,14-15H,3-8,13H2,1-2H3. The summed E-state index contributed by atoms with van der Waals surface area (Å²) in [7, 11) is 0. The fourth-order valence-corrected chi connectivity index (χ4v) is 2.98. The molecule has 16 heavy (non-hydrogen) atoms. The summed E-state index contributed by atoms with van der Waals surface area (Å²) in [5.74, 6) is 7.27. The molecule has 2 aliphatic rings. The lowest BCUT2D eigenvalue weighted by atomic mass is 9.94. The Bertz CT molecular complexity index is 213. The van der Waals surface area contributed by atoms with Crippen molar-refractivity contribution < 1.29 is 0 Å². The number of rotatable bonds is 2. The molecule has 4 N–H and O–H groups in total. The number of nitrogens with one attached hydrogen (secondary N) is 2. The van der Waals surface area contributed by atoms with Crippen LogP contribution >= 0.6 is 0 Å². The fourth-order valence-electron chi connectivity index (χ4n) is 2.98. The van der Waals surface area contributed by atoms with Crippen LogP contribution < -0.4 is 16.6 Å². The topological polar surface area (TPSA) is 53.3 Å². The largest absolute Gasteiger partial charge is 0.301 e. The second-order valence-electron chi connectivity index (χ2n) is 5.67. The van der Waals surface area contributed by atoms with E-state index >= 15 is 0 Å². The van der Waals surface area contributed by atoms with Gasteiger partial charge in [-0.05, 0) is 44.1 Å². The SMILES string of the molecule is CC1CCC(N2CC(C)CCC2NN)NC1. The molecule has 2 heterocycles. The van der Waals surface area contributed by atoms with Crippen molar-refractivity contribution in [2.45, 2.75) is 51.9 Å². The zero-order valence-corrected chi connectivity index (χ0v) is 10.6. The molecule has 0 amide bonds. The van der Waals surface area contributed by atoms with Gasteiger partial charge in [0, 0.05) is 6.54 Å². The van der Waals surface area contributed by atoms with Crippen LogP contribution in [0.25, 0.3) is 0 Å². The van der Waals surface area contributed by atoms with Crippen molar-refractivity contribution in [3.05, 3.63) is 0 Å². The summed E-state index contributed by atoms with van der Waals surface area (Å²) in [5.41, 5.74) is 2.97. The Hall–Kier alpha value is -0.160. The molecule has 0 bridgehead atoms. The lowest BCUT2D eigenvalue weighted by Gasteiger charge is -2.45. The Kier molecular flexibility index (Phi) is 4.19. The molecule has 2 fully saturated rings. The highest BCUT2D eigenvalue weighted by molar-refractivity contribution is 4.84. The number of hydrazine groups is 1. The number of hydrogen-bond acceptors (Lipinski definition) is 4. The van der Waals surface area contributed by atoms with E-state index in [1.54, 1.807) is 0 Å². The number of piperidine rings is 2. The van der Waals surface area contributed by atoms with Crippen LogP contribution in [0.5, 0.6) is 0 Å². The normalized spacial score (nSPS) is 42.2. The quantitative estimate of drug-likeness (QED) is 0.483. The Morgan fingerprint density at radius 1 is 1.12 bits per heavy atom. The first kappa shape index (κ1) is 12.3. The lowest BCUT2D eigenvalue weighted by Crippen LogP contribution is -2.61. The second-order valence-corrected chi connectivity index (χ2v) is 5.67. The lowest BCUT2D eigenvalue weighted by molar-refractivity contribution is 0.0165. The summed E-state index contributed by atoms with van der Waals surface area (Å²) in [6.45, 7) is 6.97. The number of nitrogens with zero attached hydrogens (tertiary/aromatic N) is 1. The number of nitrogens with two attached hydrogens (primary N) is 1. The second kappa shape index (κ2) is 5.45. The minimum Gasteiger partial charge on any atom is -0.301 e. The van der Waals surface area contributed by atoms with E-state index in [1.165, 1.54) is 32.2 Å². The summed E-state index contributed by atoms with van der Waals surface area (Å²) in [6.07, 6.45) is 5.94. The summed E-state index contributed by atoms with van der Waals surface area (Å²) in [4.78, 5) is 2.53. The molecule has 2 aliphatic heterocycles. The van der Waals surface area contributed by atoms with Gasteiger partial charge >= 0.3 is 0 Å². The Labute approximate surface area is 98.9 Å². The summed E-state index contributed by atoms with van der Waals surface area (Å²) in [6, 6.07) is 0. The maximum absolute atomic E-state index is 5.65. The van der Waals surface area contributed by atoms with Crippen molar-refractivity contribution in [1.29, 1.82) is 0 Å². The monoisotopic (exact) mass is 226 g/mol. The molecule has 4 nitrogen and oxygen atoms in total. The molecular weight excluding hydrogens is 200 g/mol. The van der Waals surface area contributed by atoms with Crippen molar-refractivity contribution in [2.75, 3.05) is 13.1 Å². The van der Waals surface area contributed by atoms with Gasteiger partial charge < -0.3 is 5.32 Å². The maximum atomic E-state index is 5.65. The van der Waals surface area contributed by atoms with Gasteiger partial charge in [0.05, 0.1) is 12.3 Å². The van der Waals surface area contributed by atoms with Gasteiger partial charge in [-0.15, -0.1) is 0 Å². The van der Waals surface area contributed by atoms with Crippen molar-refractivity contribution >= 4 is 0 Å². The minimum atomic E-state index is 0.363. The van der Waals surface area contributed by atoms with Crippen LogP contribution in [0.3, 0.4) is 0 Å². The summed E-state index contributed by atoms with van der Waals surface area (Å²) < 4.78 is 0. The zero-order chi connectivity index (χ0) is 11.5. The molecule has 0 saturated carbocycles. The highest BCUT2D eigenvalue weighted by Gasteiger charge is 2.32. The van der Waals surface area contributed by atoms with E-state index in [0.717, 1.165) is 18.4 Å². The molecular formula is C12H26N4. The van der Waals surface area contributed by atoms with Gasteiger partial charge in [-0.2, -0.15) is 0 Å². The van der Waals surface area contributed by atoms with E-state index in [-0.39, 0.29) is 0 Å². The molecule has 0 radical (unpaired) electrons. The third kappa shape index (κ3) is 2.74. The predicted octanol–water partition coefficient (Wildman–Crippen LogP) is 0.853. The molecule has 0 aromatic heterocycles. The van der Waals surface area contributed by atoms with E-state index in [9.17, 15) is 0 Å². The number of hydrogen-bond donors (Lipinski definition) is 3. The molecule has 2 saturated heterocycles. The zero-order valence-electron chi connectivity index (χ0n) is 10.6. The first-order valence-electron chi connectivity index (χ1n) is 6.66. The molecule has 4 atom stereocenters. The van der Waals surface area contributed by atoms with Crippen LogP contribution in [-0.4, -0.2) is 30.3 Å². The van der Waals surface area contributed by atoms with E-state index in [4.69, 9.17) is 5.84 Å². The van der Waals surface area contributed by atoms with E-state index in [1.807, 2.05) is 0 Å². The molecule has 0 aliphatic carbocycles. The minimum absolute atomic E-state index is 0.363. The van der Waals surface area contributed by atoms with Gasteiger partial charge in [0.2, 0.25) is 0 Å². The van der Waals surface area contributed by atoms with Gasteiger partial charge in [-0.1, -0.05) is 13.8 Å². The van der Waals surface area contributed by atoms with Gasteiger partial charge in [-0.25, -0.2) is 5.43 Å². The third-order valence-electron chi connectivity index (χ3n) is 4.08. The average molecular weight is 226 g/mol. The van der Waals surface area contributed by atoms with Crippen LogP contribution in [0, 0.1) is 11.8 Å². The van der Waals surface area contributed by atoms with Gasteiger partial charge in [0.15, 0.2) is 0 Å². The first-order valence-corrected chi connectivity index (χ1v) is 6.66. The van der Waals surface area contributed by atoms with Crippen molar-refractivity contribution in [2.24, 2.45) is 17.7 Å². The summed E-state index contributed by atoms with van der Waals surface area (Å²) in [5, 5.41) is 3.65. The number of likely N-dealkylation sites (tertiary alicyclic amines) is 1. The van der Waals surface area contributed by atoms with Crippen molar-refractivity contribution in [1.82, 2.24) is 15.6 Å². The van der Waals surface area contributed by atoms with Crippen molar-refractivity contribution in [3.63, 3.8) is 0 Å². The third-order valence-corrected chi connectivity index (χ3v) is 4.08. The van der Waals surface area contributed by atoms with Crippen LogP contribution in [0.15, 0.2) is 0 Å². The molecule has 2 rings (SSSR count). The molecule has 4 unspecified atom stereocenters.